The molecular weight excluding hydrogens is 592 g/mol. The van der Waals surface area contributed by atoms with Gasteiger partial charge in [0.2, 0.25) is 23.6 Å². The van der Waals surface area contributed by atoms with Crippen molar-refractivity contribution >= 4 is 47.3 Å². The number of thioether (sulfide) groups is 1. The highest BCUT2D eigenvalue weighted by Crippen LogP contribution is 2.10. The summed E-state index contributed by atoms with van der Waals surface area (Å²) in [6.07, 6.45) is 2.70. The second-order valence-corrected chi connectivity index (χ2v) is 11.7. The van der Waals surface area contributed by atoms with Crippen molar-refractivity contribution in [3.05, 3.63) is 35.9 Å². The summed E-state index contributed by atoms with van der Waals surface area (Å²) >= 11 is 1.44. The molecule has 10 N–H and O–H groups in total. The van der Waals surface area contributed by atoms with Crippen LogP contribution in [0.1, 0.15) is 51.5 Å². The molecule has 0 heterocycles. The average Bonchev–Trinajstić information content (AvgIpc) is 2.96. The topological polar surface area (TPSA) is 243 Å². The maximum absolute atomic E-state index is 13.6. The van der Waals surface area contributed by atoms with Gasteiger partial charge in [-0.25, -0.2) is 4.79 Å². The molecule has 246 valence electrons. The number of nitrogens with one attached hydrogen (secondary N) is 4. The minimum absolute atomic E-state index is 0.0450. The third kappa shape index (κ3) is 14.2. The van der Waals surface area contributed by atoms with E-state index in [9.17, 15) is 33.9 Å². The van der Waals surface area contributed by atoms with Crippen LogP contribution in [0.4, 0.5) is 0 Å². The van der Waals surface area contributed by atoms with E-state index in [0.717, 1.165) is 0 Å². The Labute approximate surface area is 261 Å². The molecule has 14 nitrogen and oxygen atoms in total. The van der Waals surface area contributed by atoms with E-state index in [0.29, 0.717) is 30.7 Å². The van der Waals surface area contributed by atoms with Crippen LogP contribution in [-0.4, -0.2) is 94.5 Å². The molecule has 0 aliphatic carbocycles. The molecule has 0 bridgehead atoms. The first kappa shape index (κ1) is 38.3. The number of carbonyl (C=O) groups excluding carboxylic acids is 4. The fourth-order valence-electron chi connectivity index (χ4n) is 4.20. The smallest absolute Gasteiger partial charge is 0.326 e. The predicted octanol–water partition coefficient (Wildman–Crippen LogP) is -0.407. The summed E-state index contributed by atoms with van der Waals surface area (Å²) in [6, 6.07) is 2.88. The lowest BCUT2D eigenvalue weighted by Gasteiger charge is -2.27. The van der Waals surface area contributed by atoms with Crippen LogP contribution in [0.2, 0.25) is 0 Å². The van der Waals surface area contributed by atoms with Gasteiger partial charge < -0.3 is 42.9 Å². The minimum atomic E-state index is -1.38. The third-order valence-electron chi connectivity index (χ3n) is 6.70. The van der Waals surface area contributed by atoms with Gasteiger partial charge in [0.25, 0.3) is 0 Å². The van der Waals surface area contributed by atoms with Crippen LogP contribution in [0.3, 0.4) is 0 Å². The predicted molar refractivity (Wildman–Crippen MR) is 166 cm³/mol. The summed E-state index contributed by atoms with van der Waals surface area (Å²) in [4.78, 5) is 75.4. The van der Waals surface area contributed by atoms with Crippen molar-refractivity contribution in [2.24, 2.45) is 17.4 Å². The standard InChI is InChI=1S/C29H46N6O8S/c1-17(2)24(35-25(38)19(31)16-23(36)37)28(41)34-22(15-18-9-5-4-6-10-18)27(40)32-20(12-14-44-3)26(39)33-21(29(42)43)11-7-8-13-30/h4-6,9-10,17,19-22,24H,7-8,11-16,30-31H2,1-3H3,(H,32,40)(H,33,39)(H,34,41)(H,35,38)(H,36,37)(H,42,43)/t19-,20-,21-,22-,24-/m0/s1. The molecule has 1 aromatic rings. The zero-order valence-corrected chi connectivity index (χ0v) is 26.2. The molecule has 0 saturated heterocycles. The summed E-state index contributed by atoms with van der Waals surface area (Å²) < 4.78 is 0. The minimum Gasteiger partial charge on any atom is -0.481 e. The molecule has 15 heteroatoms. The zero-order chi connectivity index (χ0) is 33.2. The number of amides is 4. The normalized spacial score (nSPS) is 14.4. The van der Waals surface area contributed by atoms with Crippen molar-refractivity contribution in [2.45, 2.75) is 82.6 Å². The molecule has 0 aromatic heterocycles. The Bertz CT molecular complexity index is 1110. The number of nitrogens with two attached hydrogens (primary N) is 2. The SMILES string of the molecule is CSCC[C@H](NC(=O)[C@H](Cc1ccccc1)NC(=O)[C@@H](NC(=O)[C@@H](N)CC(=O)O)C(C)C)C(=O)N[C@@H](CCCCN)C(=O)O. The first-order chi connectivity index (χ1) is 20.8. The van der Waals surface area contributed by atoms with Crippen LogP contribution < -0.4 is 32.7 Å². The summed E-state index contributed by atoms with van der Waals surface area (Å²) in [5, 5.41) is 28.9. The Hall–Kier alpha value is -3.69. The second-order valence-electron chi connectivity index (χ2n) is 10.7. The first-order valence-corrected chi connectivity index (χ1v) is 15.8. The van der Waals surface area contributed by atoms with E-state index < -0.39 is 78.1 Å². The van der Waals surface area contributed by atoms with E-state index in [1.807, 2.05) is 6.26 Å². The highest BCUT2D eigenvalue weighted by atomic mass is 32.2. The Morgan fingerprint density at radius 2 is 1.39 bits per heavy atom. The fraction of sp³-hybridized carbons (Fsp3) is 0.586. The summed E-state index contributed by atoms with van der Waals surface area (Å²) in [7, 11) is 0. The molecule has 5 atom stereocenters. The van der Waals surface area contributed by atoms with E-state index in [1.54, 1.807) is 44.2 Å². The molecule has 4 amide bonds. The molecule has 0 aliphatic heterocycles. The second kappa shape index (κ2) is 20.3. The van der Waals surface area contributed by atoms with Crippen molar-refractivity contribution in [3.63, 3.8) is 0 Å². The Kier molecular flexibility index (Phi) is 17.7. The lowest BCUT2D eigenvalue weighted by atomic mass is 10.00. The van der Waals surface area contributed by atoms with Gasteiger partial charge in [-0.3, -0.25) is 24.0 Å². The number of benzene rings is 1. The molecule has 44 heavy (non-hydrogen) atoms. The van der Waals surface area contributed by atoms with Gasteiger partial charge in [0.05, 0.1) is 12.5 Å². The van der Waals surface area contributed by atoms with Gasteiger partial charge in [0, 0.05) is 6.42 Å². The number of hydrogen-bond acceptors (Lipinski definition) is 9. The zero-order valence-electron chi connectivity index (χ0n) is 25.4. The summed E-state index contributed by atoms with van der Waals surface area (Å²) in [5.41, 5.74) is 11.9. The number of unbranched alkanes of at least 4 members (excludes halogenated alkanes) is 1. The Morgan fingerprint density at radius 1 is 0.795 bits per heavy atom. The van der Waals surface area contributed by atoms with Crippen molar-refractivity contribution < 1.29 is 39.0 Å². The van der Waals surface area contributed by atoms with Gasteiger partial charge >= 0.3 is 11.9 Å². The maximum Gasteiger partial charge on any atom is 0.326 e. The van der Waals surface area contributed by atoms with Crippen LogP contribution in [0.5, 0.6) is 0 Å². The lowest BCUT2D eigenvalue weighted by Crippen LogP contribution is -2.60. The largest absolute Gasteiger partial charge is 0.481 e. The van der Waals surface area contributed by atoms with E-state index in [2.05, 4.69) is 21.3 Å². The quantitative estimate of drug-likeness (QED) is 0.0805. The highest BCUT2D eigenvalue weighted by molar-refractivity contribution is 7.98. The summed E-state index contributed by atoms with van der Waals surface area (Å²) in [5.74, 6) is -5.35. The van der Waals surface area contributed by atoms with Crippen molar-refractivity contribution in [1.82, 2.24) is 21.3 Å². The van der Waals surface area contributed by atoms with Crippen molar-refractivity contribution in [3.8, 4) is 0 Å². The average molecular weight is 639 g/mol. The third-order valence-corrected chi connectivity index (χ3v) is 7.34. The van der Waals surface area contributed by atoms with E-state index in [-0.39, 0.29) is 19.3 Å². The van der Waals surface area contributed by atoms with E-state index in [1.165, 1.54) is 11.8 Å². The van der Waals surface area contributed by atoms with Crippen molar-refractivity contribution in [2.75, 3.05) is 18.6 Å². The van der Waals surface area contributed by atoms with Gasteiger partial charge in [0.1, 0.15) is 24.2 Å². The van der Waals surface area contributed by atoms with Crippen LogP contribution in [0.15, 0.2) is 30.3 Å². The maximum atomic E-state index is 13.6. The molecule has 0 saturated carbocycles. The number of hydrogen-bond donors (Lipinski definition) is 8. The van der Waals surface area contributed by atoms with Crippen LogP contribution in [0, 0.1) is 5.92 Å². The van der Waals surface area contributed by atoms with Gasteiger partial charge in [-0.1, -0.05) is 44.2 Å². The molecule has 0 radical (unpaired) electrons. The molecular formula is C29H46N6O8S. The Balaban J connectivity index is 3.20. The fourth-order valence-corrected chi connectivity index (χ4v) is 4.67. The molecule has 0 spiro atoms. The van der Waals surface area contributed by atoms with Crippen molar-refractivity contribution in [1.29, 1.82) is 0 Å². The van der Waals surface area contributed by atoms with Crippen LogP contribution in [0.25, 0.3) is 0 Å². The van der Waals surface area contributed by atoms with Gasteiger partial charge in [-0.2, -0.15) is 11.8 Å². The van der Waals surface area contributed by atoms with Gasteiger partial charge in [-0.15, -0.1) is 0 Å². The van der Waals surface area contributed by atoms with Gasteiger partial charge in [-0.05, 0) is 55.7 Å². The van der Waals surface area contributed by atoms with E-state index in [4.69, 9.17) is 16.6 Å². The monoisotopic (exact) mass is 638 g/mol. The lowest BCUT2D eigenvalue weighted by molar-refractivity contribution is -0.142. The molecule has 0 aliphatic rings. The van der Waals surface area contributed by atoms with Crippen LogP contribution >= 0.6 is 11.8 Å². The number of carboxylic acids is 2. The number of carboxylic acid groups (broad SMARTS) is 2. The first-order valence-electron chi connectivity index (χ1n) is 14.4. The molecule has 1 aromatic carbocycles. The summed E-state index contributed by atoms with van der Waals surface area (Å²) in [6.45, 7) is 3.71. The van der Waals surface area contributed by atoms with Gasteiger partial charge in [0.15, 0.2) is 0 Å². The molecule has 0 unspecified atom stereocenters. The van der Waals surface area contributed by atoms with Crippen LogP contribution in [-0.2, 0) is 35.2 Å². The molecule has 1 rings (SSSR count). The molecule has 0 fully saturated rings. The highest BCUT2D eigenvalue weighted by Gasteiger charge is 2.33. The number of carbonyl (C=O) groups is 6. The number of rotatable bonds is 21. The van der Waals surface area contributed by atoms with E-state index >= 15 is 0 Å². The Morgan fingerprint density at radius 3 is 1.93 bits per heavy atom. The number of aliphatic carboxylic acids is 2.